The molecule has 14 heavy (non-hydrogen) atoms. The van der Waals surface area contributed by atoms with Crippen LogP contribution in [0.5, 0.6) is 0 Å². The van der Waals surface area contributed by atoms with E-state index in [0.717, 1.165) is 12.8 Å². The molecule has 3 nitrogen and oxygen atoms in total. The Labute approximate surface area is 86.4 Å². The second-order valence-electron chi connectivity index (χ2n) is 4.84. The summed E-state index contributed by atoms with van der Waals surface area (Å²) in [5, 5.41) is 9.62. The average molecular weight is 202 g/mol. The molecule has 0 radical (unpaired) electrons. The van der Waals surface area contributed by atoms with Crippen LogP contribution in [0, 0.1) is 5.92 Å². The van der Waals surface area contributed by atoms with Crippen LogP contribution < -0.4 is 0 Å². The Hall–Kier alpha value is -0.120. The maximum absolute atomic E-state index is 9.62. The van der Waals surface area contributed by atoms with E-state index in [4.69, 9.17) is 9.47 Å². The molecule has 1 fully saturated rings. The standard InChI is InChI=1S/C11H22O3/c1-8(2)10(12)6-5-9-7-13-11(3,4)14-9/h8-10,12H,5-7H2,1-4H3/t9-,10-/m0/s1. The van der Waals surface area contributed by atoms with E-state index in [9.17, 15) is 5.11 Å². The third-order valence-corrected chi connectivity index (χ3v) is 2.62. The summed E-state index contributed by atoms with van der Waals surface area (Å²) in [7, 11) is 0. The largest absolute Gasteiger partial charge is 0.393 e. The van der Waals surface area contributed by atoms with Crippen molar-refractivity contribution < 1.29 is 14.6 Å². The Morgan fingerprint density at radius 3 is 2.50 bits per heavy atom. The van der Waals surface area contributed by atoms with Crippen LogP contribution in [0.15, 0.2) is 0 Å². The minimum Gasteiger partial charge on any atom is -0.393 e. The molecule has 1 saturated heterocycles. The van der Waals surface area contributed by atoms with E-state index in [1.54, 1.807) is 0 Å². The minimum absolute atomic E-state index is 0.151. The highest BCUT2D eigenvalue weighted by atomic mass is 16.7. The van der Waals surface area contributed by atoms with Crippen LogP contribution in [-0.4, -0.2) is 29.7 Å². The zero-order valence-corrected chi connectivity index (χ0v) is 9.62. The van der Waals surface area contributed by atoms with Crippen LogP contribution in [0.25, 0.3) is 0 Å². The third-order valence-electron chi connectivity index (χ3n) is 2.62. The molecule has 0 saturated carbocycles. The monoisotopic (exact) mass is 202 g/mol. The Balaban J connectivity index is 2.21. The van der Waals surface area contributed by atoms with Gasteiger partial charge in [-0.05, 0) is 32.6 Å². The van der Waals surface area contributed by atoms with Crippen molar-refractivity contribution in [3.05, 3.63) is 0 Å². The van der Waals surface area contributed by atoms with Crippen LogP contribution in [0.1, 0.15) is 40.5 Å². The van der Waals surface area contributed by atoms with Crippen LogP contribution in [0.2, 0.25) is 0 Å². The van der Waals surface area contributed by atoms with Gasteiger partial charge >= 0.3 is 0 Å². The van der Waals surface area contributed by atoms with E-state index in [-0.39, 0.29) is 12.2 Å². The zero-order chi connectivity index (χ0) is 10.8. The van der Waals surface area contributed by atoms with Crippen molar-refractivity contribution in [2.24, 2.45) is 5.92 Å². The Morgan fingerprint density at radius 2 is 2.07 bits per heavy atom. The molecule has 0 aliphatic carbocycles. The first-order chi connectivity index (χ1) is 6.41. The van der Waals surface area contributed by atoms with Crippen LogP contribution >= 0.6 is 0 Å². The summed E-state index contributed by atoms with van der Waals surface area (Å²) in [6.07, 6.45) is 1.60. The lowest BCUT2D eigenvalue weighted by molar-refractivity contribution is -0.139. The second kappa shape index (κ2) is 4.60. The summed E-state index contributed by atoms with van der Waals surface area (Å²) in [4.78, 5) is 0. The van der Waals surface area contributed by atoms with Crippen LogP contribution in [0.3, 0.4) is 0 Å². The molecule has 1 rings (SSSR count). The van der Waals surface area contributed by atoms with Gasteiger partial charge in [0.25, 0.3) is 0 Å². The van der Waals surface area contributed by atoms with Crippen molar-refractivity contribution in [3.8, 4) is 0 Å². The smallest absolute Gasteiger partial charge is 0.163 e. The van der Waals surface area contributed by atoms with Crippen molar-refractivity contribution in [1.29, 1.82) is 0 Å². The van der Waals surface area contributed by atoms with Crippen LogP contribution in [-0.2, 0) is 9.47 Å². The highest BCUT2D eigenvalue weighted by molar-refractivity contribution is 4.72. The highest BCUT2D eigenvalue weighted by Crippen LogP contribution is 2.25. The minimum atomic E-state index is -0.437. The van der Waals surface area contributed by atoms with Crippen molar-refractivity contribution in [2.75, 3.05) is 6.61 Å². The molecular weight excluding hydrogens is 180 g/mol. The second-order valence-corrected chi connectivity index (χ2v) is 4.84. The molecule has 1 heterocycles. The van der Waals surface area contributed by atoms with Crippen LogP contribution in [0.4, 0.5) is 0 Å². The fourth-order valence-corrected chi connectivity index (χ4v) is 1.60. The summed E-state index contributed by atoms with van der Waals surface area (Å²) >= 11 is 0. The van der Waals surface area contributed by atoms with Gasteiger partial charge in [-0.1, -0.05) is 13.8 Å². The normalized spacial score (nSPS) is 28.3. The fraction of sp³-hybridized carbons (Fsp3) is 1.00. The summed E-state index contributed by atoms with van der Waals surface area (Å²) in [5.74, 6) is -0.113. The molecule has 1 N–H and O–H groups in total. The summed E-state index contributed by atoms with van der Waals surface area (Å²) in [6, 6.07) is 0. The van der Waals surface area contributed by atoms with Gasteiger partial charge in [-0.15, -0.1) is 0 Å². The molecule has 0 aromatic heterocycles. The van der Waals surface area contributed by atoms with E-state index in [2.05, 4.69) is 0 Å². The summed E-state index contributed by atoms with van der Waals surface area (Å²) in [6.45, 7) is 8.55. The topological polar surface area (TPSA) is 38.7 Å². The molecule has 0 spiro atoms. The maximum atomic E-state index is 9.62. The Kier molecular flexibility index (Phi) is 3.93. The Morgan fingerprint density at radius 1 is 1.43 bits per heavy atom. The van der Waals surface area contributed by atoms with E-state index in [1.165, 1.54) is 0 Å². The molecule has 1 aliphatic heterocycles. The van der Waals surface area contributed by atoms with Gasteiger partial charge in [0, 0.05) is 0 Å². The summed E-state index contributed by atoms with van der Waals surface area (Å²) in [5.41, 5.74) is 0. The van der Waals surface area contributed by atoms with Gasteiger partial charge in [-0.2, -0.15) is 0 Å². The van der Waals surface area contributed by atoms with Gasteiger partial charge in [0.05, 0.1) is 18.8 Å². The number of hydrogen-bond donors (Lipinski definition) is 1. The van der Waals surface area contributed by atoms with Crippen molar-refractivity contribution in [1.82, 2.24) is 0 Å². The SMILES string of the molecule is CC(C)[C@@H](O)CC[C@H]1COC(C)(C)O1. The van der Waals surface area contributed by atoms with Gasteiger partial charge in [-0.3, -0.25) is 0 Å². The number of ether oxygens (including phenoxy) is 2. The average Bonchev–Trinajstić information content (AvgIpc) is 2.41. The van der Waals surface area contributed by atoms with Gasteiger partial charge in [0.2, 0.25) is 0 Å². The number of rotatable bonds is 4. The van der Waals surface area contributed by atoms with Gasteiger partial charge in [0.1, 0.15) is 0 Å². The molecule has 1 aliphatic rings. The lowest BCUT2D eigenvalue weighted by Crippen LogP contribution is -2.23. The van der Waals surface area contributed by atoms with E-state index < -0.39 is 5.79 Å². The van der Waals surface area contributed by atoms with Gasteiger partial charge in [-0.25, -0.2) is 0 Å². The maximum Gasteiger partial charge on any atom is 0.163 e. The molecule has 3 heteroatoms. The Bertz CT molecular complexity index is 177. The number of hydrogen-bond acceptors (Lipinski definition) is 3. The number of aliphatic hydroxyl groups is 1. The fourth-order valence-electron chi connectivity index (χ4n) is 1.60. The third kappa shape index (κ3) is 3.56. The molecule has 84 valence electrons. The molecule has 0 amide bonds. The van der Waals surface area contributed by atoms with E-state index in [1.807, 2.05) is 27.7 Å². The van der Waals surface area contributed by atoms with Crippen molar-refractivity contribution in [3.63, 3.8) is 0 Å². The number of aliphatic hydroxyl groups excluding tert-OH is 1. The van der Waals surface area contributed by atoms with Crippen molar-refractivity contribution in [2.45, 2.75) is 58.5 Å². The predicted octanol–water partition coefficient (Wildman–Crippen LogP) is 1.93. The first kappa shape index (κ1) is 12.0. The first-order valence-electron chi connectivity index (χ1n) is 5.40. The predicted molar refractivity (Wildman–Crippen MR) is 55.0 cm³/mol. The lowest BCUT2D eigenvalue weighted by Gasteiger charge is -2.19. The molecule has 2 atom stereocenters. The molecule has 0 aromatic rings. The first-order valence-corrected chi connectivity index (χ1v) is 5.40. The lowest BCUT2D eigenvalue weighted by atomic mass is 10.0. The van der Waals surface area contributed by atoms with Gasteiger partial charge in [0.15, 0.2) is 5.79 Å². The highest BCUT2D eigenvalue weighted by Gasteiger charge is 2.32. The quantitative estimate of drug-likeness (QED) is 0.757. The van der Waals surface area contributed by atoms with Gasteiger partial charge < -0.3 is 14.6 Å². The summed E-state index contributed by atoms with van der Waals surface area (Å²) < 4.78 is 11.1. The van der Waals surface area contributed by atoms with E-state index >= 15 is 0 Å². The molecule has 0 aromatic carbocycles. The molecule has 0 unspecified atom stereocenters. The van der Waals surface area contributed by atoms with Crippen molar-refractivity contribution >= 4 is 0 Å². The molecule has 0 bridgehead atoms. The molecular formula is C11H22O3. The zero-order valence-electron chi connectivity index (χ0n) is 9.62. The van der Waals surface area contributed by atoms with E-state index in [0.29, 0.717) is 12.5 Å².